The molecule has 19 heavy (non-hydrogen) atoms. The Labute approximate surface area is 117 Å². The Morgan fingerprint density at radius 2 is 2.00 bits per heavy atom. The standard InChI is InChI=1S/C14H12ClO3S/c1-18-13-8-7-10(9-12(13)15)11-5-3-4-6-14(11)19(2,16)17/h3-4,6-9H,1-2H3. The van der Waals surface area contributed by atoms with Crippen LogP contribution in [0.2, 0.25) is 5.02 Å². The summed E-state index contributed by atoms with van der Waals surface area (Å²) < 4.78 is 28.6. The van der Waals surface area contributed by atoms with E-state index in [1.807, 2.05) is 0 Å². The van der Waals surface area contributed by atoms with Crippen molar-refractivity contribution in [2.24, 2.45) is 0 Å². The van der Waals surface area contributed by atoms with Gasteiger partial charge in [0.15, 0.2) is 9.84 Å². The highest BCUT2D eigenvalue weighted by Gasteiger charge is 2.15. The van der Waals surface area contributed by atoms with Crippen molar-refractivity contribution in [3.8, 4) is 16.9 Å². The molecule has 0 bridgehead atoms. The molecule has 0 atom stereocenters. The molecule has 0 amide bonds. The molecule has 0 saturated heterocycles. The van der Waals surface area contributed by atoms with Crippen LogP contribution in [-0.4, -0.2) is 21.8 Å². The van der Waals surface area contributed by atoms with Crippen molar-refractivity contribution in [2.75, 3.05) is 13.4 Å². The molecule has 0 aromatic heterocycles. The molecule has 0 unspecified atom stereocenters. The molecule has 3 nitrogen and oxygen atoms in total. The van der Waals surface area contributed by atoms with Gasteiger partial charge in [-0.05, 0) is 29.8 Å². The fourth-order valence-corrected chi connectivity index (χ4v) is 2.91. The minimum atomic E-state index is -3.32. The SMILES string of the molecule is COc1ccc(-c2[c]cccc2S(C)(=O)=O)cc1Cl. The van der Waals surface area contributed by atoms with E-state index in [1.165, 1.54) is 13.4 Å². The number of halogens is 1. The molecule has 2 aromatic rings. The smallest absolute Gasteiger partial charge is 0.176 e. The Bertz CT molecular complexity index is 708. The summed E-state index contributed by atoms with van der Waals surface area (Å²) in [5.74, 6) is 0.544. The van der Waals surface area contributed by atoms with Crippen molar-refractivity contribution in [1.82, 2.24) is 0 Å². The van der Waals surface area contributed by atoms with Crippen molar-refractivity contribution in [2.45, 2.75) is 4.90 Å². The van der Waals surface area contributed by atoms with E-state index in [0.717, 1.165) is 0 Å². The molecule has 0 N–H and O–H groups in total. The lowest BCUT2D eigenvalue weighted by atomic mass is 10.1. The zero-order valence-corrected chi connectivity index (χ0v) is 12.0. The molecule has 5 heteroatoms. The number of hydrogen-bond acceptors (Lipinski definition) is 3. The van der Waals surface area contributed by atoms with Crippen molar-refractivity contribution < 1.29 is 13.2 Å². The van der Waals surface area contributed by atoms with Gasteiger partial charge < -0.3 is 4.74 Å². The van der Waals surface area contributed by atoms with Crippen LogP contribution in [0.4, 0.5) is 0 Å². The van der Waals surface area contributed by atoms with E-state index in [4.69, 9.17) is 16.3 Å². The van der Waals surface area contributed by atoms with Crippen LogP contribution in [0.25, 0.3) is 11.1 Å². The summed E-state index contributed by atoms with van der Waals surface area (Å²) in [5, 5.41) is 0.428. The molecular weight excluding hydrogens is 284 g/mol. The van der Waals surface area contributed by atoms with E-state index in [-0.39, 0.29) is 4.90 Å². The van der Waals surface area contributed by atoms with Gasteiger partial charge in [0.25, 0.3) is 0 Å². The maximum atomic E-state index is 11.8. The van der Waals surface area contributed by atoms with Gasteiger partial charge in [0, 0.05) is 11.8 Å². The first-order valence-corrected chi connectivity index (χ1v) is 7.75. The fraction of sp³-hybridized carbons (Fsp3) is 0.143. The summed E-state index contributed by atoms with van der Waals surface area (Å²) in [4.78, 5) is 0.233. The Hall–Kier alpha value is -1.52. The number of hydrogen-bond donors (Lipinski definition) is 0. The van der Waals surface area contributed by atoms with Crippen molar-refractivity contribution in [1.29, 1.82) is 0 Å². The first-order chi connectivity index (χ1) is 8.93. The van der Waals surface area contributed by atoms with Crippen LogP contribution in [0, 0.1) is 6.07 Å². The number of benzene rings is 2. The minimum Gasteiger partial charge on any atom is -0.495 e. The molecule has 1 radical (unpaired) electrons. The Morgan fingerprint density at radius 1 is 1.26 bits per heavy atom. The third kappa shape index (κ3) is 2.91. The first kappa shape index (κ1) is 13.9. The topological polar surface area (TPSA) is 43.4 Å². The average molecular weight is 296 g/mol. The van der Waals surface area contributed by atoms with Crippen LogP contribution in [0.5, 0.6) is 5.75 Å². The number of ether oxygens (including phenoxy) is 1. The maximum absolute atomic E-state index is 11.8. The van der Waals surface area contributed by atoms with Gasteiger partial charge in [0.05, 0.1) is 17.0 Å². The van der Waals surface area contributed by atoms with Crippen LogP contribution in [0.3, 0.4) is 0 Å². The molecular formula is C14H12ClO3S. The lowest BCUT2D eigenvalue weighted by Crippen LogP contribution is -1.99. The predicted octanol–water partition coefficient (Wildman–Crippen LogP) is 3.22. The zero-order valence-electron chi connectivity index (χ0n) is 10.5. The molecule has 0 fully saturated rings. The van der Waals surface area contributed by atoms with Crippen LogP contribution in [0.1, 0.15) is 0 Å². The molecule has 0 saturated carbocycles. The second kappa shape index (κ2) is 5.23. The predicted molar refractivity (Wildman–Crippen MR) is 75.4 cm³/mol. The third-order valence-electron chi connectivity index (χ3n) is 2.66. The van der Waals surface area contributed by atoms with E-state index < -0.39 is 9.84 Å². The van der Waals surface area contributed by atoms with Gasteiger partial charge >= 0.3 is 0 Å². The molecule has 0 aliphatic rings. The number of rotatable bonds is 3. The van der Waals surface area contributed by atoms with Gasteiger partial charge in [0.1, 0.15) is 5.75 Å². The van der Waals surface area contributed by atoms with Gasteiger partial charge in [0.2, 0.25) is 0 Å². The molecule has 0 aliphatic carbocycles. The highest BCUT2D eigenvalue weighted by molar-refractivity contribution is 7.90. The summed E-state index contributed by atoms with van der Waals surface area (Å²) in [6.07, 6.45) is 1.17. The first-order valence-electron chi connectivity index (χ1n) is 5.48. The molecule has 2 rings (SSSR count). The van der Waals surface area contributed by atoms with Gasteiger partial charge in [-0.2, -0.15) is 0 Å². The fourth-order valence-electron chi connectivity index (χ4n) is 1.78. The largest absolute Gasteiger partial charge is 0.495 e. The Balaban J connectivity index is 2.63. The number of methoxy groups -OCH3 is 1. The summed E-state index contributed by atoms with van der Waals surface area (Å²) in [6.45, 7) is 0. The normalized spacial score (nSPS) is 11.3. The number of sulfone groups is 1. The lowest BCUT2D eigenvalue weighted by Gasteiger charge is -2.09. The average Bonchev–Trinajstić information content (AvgIpc) is 2.37. The van der Waals surface area contributed by atoms with Gasteiger partial charge in [-0.25, -0.2) is 8.42 Å². The monoisotopic (exact) mass is 295 g/mol. The van der Waals surface area contributed by atoms with Gasteiger partial charge in [-0.1, -0.05) is 29.8 Å². The van der Waals surface area contributed by atoms with Crippen molar-refractivity contribution >= 4 is 21.4 Å². The van der Waals surface area contributed by atoms with Crippen LogP contribution in [-0.2, 0) is 9.84 Å². The van der Waals surface area contributed by atoms with Crippen molar-refractivity contribution in [3.05, 3.63) is 47.5 Å². The van der Waals surface area contributed by atoms with Crippen LogP contribution < -0.4 is 4.74 Å². The zero-order chi connectivity index (χ0) is 14.0. The Kier molecular flexibility index (Phi) is 3.83. The summed E-state index contributed by atoms with van der Waals surface area (Å²) >= 11 is 6.06. The van der Waals surface area contributed by atoms with Crippen LogP contribution in [0.15, 0.2) is 41.3 Å². The van der Waals surface area contributed by atoms with Crippen LogP contribution >= 0.6 is 11.6 Å². The van der Waals surface area contributed by atoms with E-state index in [1.54, 1.807) is 36.4 Å². The lowest BCUT2D eigenvalue weighted by molar-refractivity contribution is 0.415. The molecule has 0 aliphatic heterocycles. The summed E-state index contributed by atoms with van der Waals surface area (Å²) in [5.41, 5.74) is 1.20. The van der Waals surface area contributed by atoms with E-state index in [2.05, 4.69) is 6.07 Å². The van der Waals surface area contributed by atoms with Gasteiger partial charge in [-0.15, -0.1) is 0 Å². The second-order valence-electron chi connectivity index (χ2n) is 4.03. The quantitative estimate of drug-likeness (QED) is 0.873. The summed E-state index contributed by atoms with van der Waals surface area (Å²) in [6, 6.07) is 12.9. The molecule has 0 spiro atoms. The van der Waals surface area contributed by atoms with Crippen molar-refractivity contribution in [3.63, 3.8) is 0 Å². The molecule has 2 aromatic carbocycles. The molecule has 0 heterocycles. The van der Waals surface area contributed by atoms with E-state index in [9.17, 15) is 8.42 Å². The highest BCUT2D eigenvalue weighted by atomic mass is 35.5. The summed E-state index contributed by atoms with van der Waals surface area (Å²) in [7, 11) is -1.79. The van der Waals surface area contributed by atoms with E-state index in [0.29, 0.717) is 21.9 Å². The third-order valence-corrected chi connectivity index (χ3v) is 4.09. The van der Waals surface area contributed by atoms with E-state index >= 15 is 0 Å². The minimum absolute atomic E-state index is 0.233. The molecule has 99 valence electrons. The van der Waals surface area contributed by atoms with Gasteiger partial charge in [-0.3, -0.25) is 0 Å². The Morgan fingerprint density at radius 3 is 2.58 bits per heavy atom. The highest BCUT2D eigenvalue weighted by Crippen LogP contribution is 2.32. The second-order valence-corrected chi connectivity index (χ2v) is 6.42. The maximum Gasteiger partial charge on any atom is 0.176 e.